The number of methoxy groups -OCH3 is 1. The highest BCUT2D eigenvalue weighted by molar-refractivity contribution is 6.37. The van der Waals surface area contributed by atoms with E-state index in [0.29, 0.717) is 11.3 Å². The van der Waals surface area contributed by atoms with Crippen molar-refractivity contribution in [3.63, 3.8) is 0 Å². The molecule has 0 unspecified atom stereocenters. The molecule has 31 heavy (non-hydrogen) atoms. The molecule has 1 aromatic heterocycles. The Morgan fingerprint density at radius 1 is 1.19 bits per heavy atom. The van der Waals surface area contributed by atoms with Crippen molar-refractivity contribution in [1.82, 2.24) is 10.2 Å². The largest absolute Gasteiger partial charge is 0.485 e. The average Bonchev–Trinajstić information content (AvgIpc) is 3.24. The van der Waals surface area contributed by atoms with Gasteiger partial charge in [0.05, 0.1) is 23.7 Å². The van der Waals surface area contributed by atoms with Crippen molar-refractivity contribution < 1.29 is 28.3 Å². The summed E-state index contributed by atoms with van der Waals surface area (Å²) < 4.78 is 15.6. The van der Waals surface area contributed by atoms with Crippen LogP contribution in [0.1, 0.15) is 42.6 Å². The van der Waals surface area contributed by atoms with E-state index in [1.807, 2.05) is 20.8 Å². The van der Waals surface area contributed by atoms with Crippen molar-refractivity contribution in [1.29, 1.82) is 0 Å². The molecule has 1 aliphatic heterocycles. The molecule has 2 aromatic rings. The van der Waals surface area contributed by atoms with Crippen LogP contribution in [0.15, 0.2) is 34.4 Å². The first-order valence-electron chi connectivity index (χ1n) is 9.18. The predicted molar refractivity (Wildman–Crippen MR) is 114 cm³/mol. The highest BCUT2D eigenvalue weighted by atomic mass is 35.5. The van der Waals surface area contributed by atoms with Crippen molar-refractivity contribution in [2.24, 2.45) is 0 Å². The lowest BCUT2D eigenvalue weighted by atomic mass is 10.1. The molecule has 0 radical (unpaired) electrons. The summed E-state index contributed by atoms with van der Waals surface area (Å²) in [6, 6.07) is 5.43. The van der Waals surface area contributed by atoms with Crippen molar-refractivity contribution in [2.45, 2.75) is 32.9 Å². The van der Waals surface area contributed by atoms with E-state index in [-0.39, 0.29) is 33.8 Å². The number of urea groups is 1. The highest BCUT2D eigenvalue weighted by Gasteiger charge is 2.34. The lowest BCUT2D eigenvalue weighted by Gasteiger charge is -2.23. The van der Waals surface area contributed by atoms with Gasteiger partial charge in [-0.1, -0.05) is 23.2 Å². The Kier molecular flexibility index (Phi) is 6.33. The highest BCUT2D eigenvalue weighted by Crippen LogP contribution is 2.37. The van der Waals surface area contributed by atoms with Gasteiger partial charge in [0.15, 0.2) is 5.75 Å². The molecule has 0 aliphatic carbocycles. The van der Waals surface area contributed by atoms with E-state index in [4.69, 9.17) is 32.4 Å². The van der Waals surface area contributed by atoms with Gasteiger partial charge in [0.1, 0.15) is 17.1 Å². The number of rotatable bonds is 5. The molecule has 1 N–H and O–H groups in total. The molecule has 1 aromatic carbocycles. The van der Waals surface area contributed by atoms with Crippen LogP contribution in [-0.2, 0) is 16.1 Å². The van der Waals surface area contributed by atoms with E-state index < -0.39 is 23.5 Å². The number of carbonyl (C=O) groups excluding carboxylic acids is 3. The zero-order chi connectivity index (χ0) is 22.9. The number of furan rings is 1. The fourth-order valence-electron chi connectivity index (χ4n) is 2.78. The molecule has 8 nitrogen and oxygen atoms in total. The summed E-state index contributed by atoms with van der Waals surface area (Å²) in [5.41, 5.74) is 0.0528. The minimum Gasteiger partial charge on any atom is -0.485 e. The third-order valence-electron chi connectivity index (χ3n) is 4.06. The van der Waals surface area contributed by atoms with Crippen LogP contribution >= 0.6 is 23.2 Å². The Morgan fingerprint density at radius 3 is 2.42 bits per heavy atom. The van der Waals surface area contributed by atoms with Gasteiger partial charge >= 0.3 is 12.0 Å². The molecule has 10 heteroatoms. The quantitative estimate of drug-likeness (QED) is 0.391. The lowest BCUT2D eigenvalue weighted by Crippen LogP contribution is -2.30. The van der Waals surface area contributed by atoms with Crippen LogP contribution < -0.4 is 10.1 Å². The van der Waals surface area contributed by atoms with Gasteiger partial charge in [-0.25, -0.2) is 9.59 Å². The summed E-state index contributed by atoms with van der Waals surface area (Å²) in [6.45, 7) is 5.44. The average molecular weight is 467 g/mol. The smallest absolute Gasteiger partial charge is 0.373 e. The number of nitrogens with one attached hydrogen (secondary N) is 1. The number of imide groups is 1. The summed E-state index contributed by atoms with van der Waals surface area (Å²) in [5, 5.41) is 3.05. The topological polar surface area (TPSA) is 98.1 Å². The number of hydrogen-bond acceptors (Lipinski definition) is 6. The molecule has 2 heterocycles. The van der Waals surface area contributed by atoms with E-state index in [0.717, 1.165) is 4.90 Å². The van der Waals surface area contributed by atoms with Crippen LogP contribution in [-0.4, -0.2) is 35.5 Å². The fourth-order valence-corrected chi connectivity index (χ4v) is 3.36. The van der Waals surface area contributed by atoms with Gasteiger partial charge in [0.2, 0.25) is 5.76 Å². The van der Waals surface area contributed by atoms with E-state index in [1.54, 1.807) is 12.1 Å². The maximum atomic E-state index is 12.7. The van der Waals surface area contributed by atoms with E-state index in [9.17, 15) is 14.4 Å². The molecule has 1 aliphatic rings. The summed E-state index contributed by atoms with van der Waals surface area (Å²) in [4.78, 5) is 37.4. The number of ether oxygens (including phenoxy) is 2. The zero-order valence-electron chi connectivity index (χ0n) is 17.2. The number of amides is 3. The molecule has 3 rings (SSSR count). The SMILES string of the molecule is COC(=O)c1ccc(CN2C(=O)NC(=Cc3cc(Cl)c(OC(C)(C)C)c(Cl)c3)C2=O)o1. The molecular formula is C21H20Cl2N2O6. The minimum absolute atomic E-state index is 0.0258. The number of benzene rings is 1. The monoisotopic (exact) mass is 466 g/mol. The first kappa shape index (κ1) is 22.7. The first-order chi connectivity index (χ1) is 14.5. The summed E-state index contributed by atoms with van der Waals surface area (Å²) in [6.07, 6.45) is 1.46. The molecule has 1 fully saturated rings. The summed E-state index contributed by atoms with van der Waals surface area (Å²) in [7, 11) is 1.22. The Morgan fingerprint density at radius 2 is 1.84 bits per heavy atom. The Bertz CT molecular complexity index is 1060. The van der Waals surface area contributed by atoms with Crippen molar-refractivity contribution in [3.8, 4) is 5.75 Å². The molecule has 0 spiro atoms. The maximum Gasteiger partial charge on any atom is 0.373 e. The van der Waals surface area contributed by atoms with Gasteiger partial charge in [0.25, 0.3) is 5.91 Å². The second-order valence-corrected chi connectivity index (χ2v) is 8.48. The van der Waals surface area contributed by atoms with Crippen LogP contribution in [0.4, 0.5) is 4.79 Å². The maximum absolute atomic E-state index is 12.7. The van der Waals surface area contributed by atoms with Gasteiger partial charge in [-0.05, 0) is 56.7 Å². The normalized spacial score (nSPS) is 15.4. The van der Waals surface area contributed by atoms with Crippen LogP contribution in [0.25, 0.3) is 6.08 Å². The summed E-state index contributed by atoms with van der Waals surface area (Å²) in [5.74, 6) is -0.664. The molecule has 164 valence electrons. The minimum atomic E-state index is -0.656. The van der Waals surface area contributed by atoms with Crippen LogP contribution in [0.2, 0.25) is 10.0 Å². The lowest BCUT2D eigenvalue weighted by molar-refractivity contribution is -0.123. The second-order valence-electron chi connectivity index (χ2n) is 7.67. The van der Waals surface area contributed by atoms with Crippen LogP contribution in [0, 0.1) is 0 Å². The molecule has 1 saturated heterocycles. The van der Waals surface area contributed by atoms with Crippen LogP contribution in [0.3, 0.4) is 0 Å². The predicted octanol–water partition coefficient (Wildman–Crippen LogP) is 4.64. The third kappa shape index (κ3) is 5.21. The molecular weight excluding hydrogens is 447 g/mol. The zero-order valence-corrected chi connectivity index (χ0v) is 18.8. The van der Waals surface area contributed by atoms with Crippen molar-refractivity contribution in [3.05, 3.63) is 57.1 Å². The van der Waals surface area contributed by atoms with Crippen molar-refractivity contribution >= 4 is 47.2 Å². The summed E-state index contributed by atoms with van der Waals surface area (Å²) >= 11 is 12.6. The van der Waals surface area contributed by atoms with E-state index in [2.05, 4.69) is 10.1 Å². The molecule has 0 atom stereocenters. The molecule has 0 bridgehead atoms. The van der Waals surface area contributed by atoms with Gasteiger partial charge < -0.3 is 19.2 Å². The van der Waals surface area contributed by atoms with Gasteiger partial charge in [-0.15, -0.1) is 0 Å². The number of nitrogens with zero attached hydrogens (tertiary/aromatic N) is 1. The Balaban J connectivity index is 1.80. The number of carbonyl (C=O) groups is 3. The Labute approximate surface area is 188 Å². The van der Waals surface area contributed by atoms with E-state index >= 15 is 0 Å². The number of halogens is 2. The fraction of sp³-hybridized carbons (Fsp3) is 0.286. The van der Waals surface area contributed by atoms with Gasteiger partial charge in [-0.2, -0.15) is 0 Å². The number of hydrogen-bond donors (Lipinski definition) is 1. The van der Waals surface area contributed by atoms with E-state index in [1.165, 1.54) is 25.3 Å². The third-order valence-corrected chi connectivity index (χ3v) is 4.63. The molecule has 0 saturated carbocycles. The molecule has 3 amide bonds. The number of esters is 1. The Hall–Kier alpha value is -2.97. The van der Waals surface area contributed by atoms with Crippen molar-refractivity contribution in [2.75, 3.05) is 7.11 Å². The van der Waals surface area contributed by atoms with Gasteiger partial charge in [-0.3, -0.25) is 9.69 Å². The second kappa shape index (κ2) is 8.64. The standard InChI is InChI=1S/C21H20Cl2N2O6/c1-21(2,3)31-17-13(22)7-11(8-14(17)23)9-15-18(26)25(20(28)24-15)10-12-5-6-16(30-12)19(27)29-4/h5-9H,10H2,1-4H3,(H,24,28). The van der Waals surface area contributed by atoms with Gasteiger partial charge in [0, 0.05) is 0 Å². The van der Waals surface area contributed by atoms with Crippen LogP contribution in [0.5, 0.6) is 5.75 Å². The first-order valence-corrected chi connectivity index (χ1v) is 9.93.